The van der Waals surface area contributed by atoms with Crippen molar-refractivity contribution in [3.8, 4) is 11.5 Å². The molecule has 0 aliphatic heterocycles. The van der Waals surface area contributed by atoms with Crippen LogP contribution < -0.4 is 14.8 Å². The number of fused-ring (bicyclic) bond motifs is 1. The highest BCUT2D eigenvalue weighted by Gasteiger charge is 2.16. The molecule has 0 radical (unpaired) electrons. The highest BCUT2D eigenvalue weighted by Crippen LogP contribution is 2.31. The number of hydrogen-bond acceptors (Lipinski definition) is 6. The second-order valence-corrected chi connectivity index (χ2v) is 6.66. The fourth-order valence-electron chi connectivity index (χ4n) is 3.12. The lowest BCUT2D eigenvalue weighted by molar-refractivity contribution is -0.384. The zero-order valence-electron chi connectivity index (χ0n) is 16.5. The summed E-state index contributed by atoms with van der Waals surface area (Å²) in [5.74, 6) is 0.568. The van der Waals surface area contributed by atoms with Gasteiger partial charge in [0, 0.05) is 58.9 Å². The number of rotatable bonds is 7. The number of methoxy groups -OCH3 is 1. The predicted octanol–water partition coefficient (Wildman–Crippen LogP) is 4.31. The number of anilines is 1. The summed E-state index contributed by atoms with van der Waals surface area (Å²) in [4.78, 5) is 30.4. The summed E-state index contributed by atoms with van der Waals surface area (Å²) in [6, 6.07) is 13.1. The minimum Gasteiger partial charge on any atom is -0.493 e. The Morgan fingerprint density at radius 3 is 2.81 bits per heavy atom. The first kappa shape index (κ1) is 19.9. The SMILES string of the molecule is COc1ccc(NC(=O)c2c[nH]c3ccc([N+](=O)[O-])cc23)cc1OCc1cccnc1. The Morgan fingerprint density at radius 1 is 1.19 bits per heavy atom. The van der Waals surface area contributed by atoms with E-state index in [0.717, 1.165) is 5.56 Å². The van der Waals surface area contributed by atoms with Crippen molar-refractivity contribution in [1.82, 2.24) is 9.97 Å². The molecule has 0 saturated carbocycles. The average Bonchev–Trinajstić information content (AvgIpc) is 3.22. The van der Waals surface area contributed by atoms with Gasteiger partial charge in [-0.25, -0.2) is 0 Å². The summed E-state index contributed by atoms with van der Waals surface area (Å²) in [5, 5.41) is 14.3. The number of hydrogen-bond donors (Lipinski definition) is 2. The minimum atomic E-state index is -0.497. The molecule has 0 spiro atoms. The van der Waals surface area contributed by atoms with Crippen LogP contribution in [0.5, 0.6) is 11.5 Å². The van der Waals surface area contributed by atoms with E-state index in [9.17, 15) is 14.9 Å². The molecule has 0 bridgehead atoms. The van der Waals surface area contributed by atoms with E-state index in [2.05, 4.69) is 15.3 Å². The summed E-state index contributed by atoms with van der Waals surface area (Å²) in [5.41, 5.74) is 2.22. The molecule has 31 heavy (non-hydrogen) atoms. The maximum absolute atomic E-state index is 12.8. The van der Waals surface area contributed by atoms with E-state index >= 15 is 0 Å². The Morgan fingerprint density at radius 2 is 2.06 bits per heavy atom. The lowest BCUT2D eigenvalue weighted by Gasteiger charge is -2.13. The molecule has 0 saturated heterocycles. The van der Waals surface area contributed by atoms with Crippen LogP contribution in [0.2, 0.25) is 0 Å². The second-order valence-electron chi connectivity index (χ2n) is 6.66. The zero-order chi connectivity index (χ0) is 21.8. The van der Waals surface area contributed by atoms with Crippen molar-refractivity contribution < 1.29 is 19.2 Å². The highest BCUT2D eigenvalue weighted by atomic mass is 16.6. The van der Waals surface area contributed by atoms with Crippen LogP contribution in [0.3, 0.4) is 0 Å². The number of nitro groups is 1. The molecule has 0 atom stereocenters. The number of carbonyl (C=O) groups excluding carboxylic acids is 1. The molecule has 2 aromatic heterocycles. The second kappa shape index (κ2) is 8.54. The first-order chi connectivity index (χ1) is 15.0. The van der Waals surface area contributed by atoms with Crippen molar-refractivity contribution in [3.63, 3.8) is 0 Å². The Kier molecular flexibility index (Phi) is 5.48. The molecule has 0 aliphatic rings. The number of aromatic amines is 1. The number of pyridine rings is 1. The van der Waals surface area contributed by atoms with Crippen LogP contribution in [0.1, 0.15) is 15.9 Å². The molecule has 1 amide bonds. The van der Waals surface area contributed by atoms with Gasteiger partial charge in [0.25, 0.3) is 11.6 Å². The fraction of sp³-hybridized carbons (Fsp3) is 0.0909. The monoisotopic (exact) mass is 418 g/mol. The first-order valence-electron chi connectivity index (χ1n) is 9.32. The van der Waals surface area contributed by atoms with Gasteiger partial charge in [0.15, 0.2) is 11.5 Å². The lowest BCUT2D eigenvalue weighted by atomic mass is 10.1. The molecule has 4 aromatic rings. The number of nitrogens with one attached hydrogen (secondary N) is 2. The third kappa shape index (κ3) is 4.30. The number of H-pyrrole nitrogens is 1. The molecule has 4 rings (SSSR count). The Bertz CT molecular complexity index is 1250. The van der Waals surface area contributed by atoms with E-state index in [1.807, 2.05) is 12.1 Å². The quantitative estimate of drug-likeness (QED) is 0.341. The van der Waals surface area contributed by atoms with E-state index in [4.69, 9.17) is 9.47 Å². The number of amides is 1. The van der Waals surface area contributed by atoms with Crippen molar-refractivity contribution in [2.75, 3.05) is 12.4 Å². The van der Waals surface area contributed by atoms with Gasteiger partial charge in [0.05, 0.1) is 17.6 Å². The Balaban J connectivity index is 1.56. The van der Waals surface area contributed by atoms with Crippen LogP contribution in [0.15, 0.2) is 67.1 Å². The molecule has 2 aromatic carbocycles. The van der Waals surface area contributed by atoms with Crippen LogP contribution in [0.25, 0.3) is 10.9 Å². The fourth-order valence-corrected chi connectivity index (χ4v) is 3.12. The topological polar surface area (TPSA) is 119 Å². The summed E-state index contributed by atoms with van der Waals surface area (Å²) >= 11 is 0. The number of carbonyl (C=O) groups is 1. The van der Waals surface area contributed by atoms with Gasteiger partial charge in [-0.1, -0.05) is 6.07 Å². The number of non-ortho nitro benzene ring substituents is 1. The van der Waals surface area contributed by atoms with Crippen LogP contribution in [-0.2, 0) is 6.61 Å². The molecule has 9 nitrogen and oxygen atoms in total. The van der Waals surface area contributed by atoms with Gasteiger partial charge in [-0.2, -0.15) is 0 Å². The zero-order valence-corrected chi connectivity index (χ0v) is 16.5. The summed E-state index contributed by atoms with van der Waals surface area (Å²) in [6.07, 6.45) is 4.90. The van der Waals surface area contributed by atoms with Crippen LogP contribution in [-0.4, -0.2) is 27.9 Å². The Labute approximate surface area is 176 Å². The maximum atomic E-state index is 12.8. The molecule has 9 heteroatoms. The molecular weight excluding hydrogens is 400 g/mol. The minimum absolute atomic E-state index is 0.0864. The summed E-state index contributed by atoms with van der Waals surface area (Å²) in [6.45, 7) is 0.285. The first-order valence-corrected chi connectivity index (χ1v) is 9.32. The van der Waals surface area contributed by atoms with Gasteiger partial charge in [-0.3, -0.25) is 19.9 Å². The number of aromatic nitrogens is 2. The van der Waals surface area contributed by atoms with Gasteiger partial charge in [-0.05, 0) is 24.3 Å². The number of ether oxygens (including phenoxy) is 2. The van der Waals surface area contributed by atoms with E-state index in [-0.39, 0.29) is 12.3 Å². The highest BCUT2D eigenvalue weighted by molar-refractivity contribution is 6.13. The lowest BCUT2D eigenvalue weighted by Crippen LogP contribution is -2.11. The standard InChI is InChI=1S/C22H18N4O5/c1-30-20-7-4-15(9-21(20)31-13-14-3-2-8-23-11-14)25-22(27)18-12-24-19-6-5-16(26(28)29)10-17(18)19/h2-12,24H,13H2,1H3,(H,25,27). The van der Waals surface area contributed by atoms with Crippen molar-refractivity contribution in [2.24, 2.45) is 0 Å². The third-order valence-electron chi connectivity index (χ3n) is 4.66. The van der Waals surface area contributed by atoms with Gasteiger partial charge in [-0.15, -0.1) is 0 Å². The number of nitrogens with zero attached hydrogens (tertiary/aromatic N) is 2. The molecule has 156 valence electrons. The van der Waals surface area contributed by atoms with Crippen LogP contribution >= 0.6 is 0 Å². The van der Waals surface area contributed by atoms with E-state index in [0.29, 0.717) is 33.7 Å². The summed E-state index contributed by atoms with van der Waals surface area (Å²) < 4.78 is 11.2. The third-order valence-corrected chi connectivity index (χ3v) is 4.66. The predicted molar refractivity (Wildman–Crippen MR) is 114 cm³/mol. The maximum Gasteiger partial charge on any atom is 0.270 e. The summed E-state index contributed by atoms with van der Waals surface area (Å²) in [7, 11) is 1.53. The molecule has 2 heterocycles. The van der Waals surface area contributed by atoms with Gasteiger partial charge in [0.1, 0.15) is 6.61 Å². The van der Waals surface area contributed by atoms with Crippen LogP contribution in [0, 0.1) is 10.1 Å². The van der Waals surface area contributed by atoms with Crippen molar-refractivity contribution in [2.45, 2.75) is 6.61 Å². The Hall–Kier alpha value is -4.40. The number of nitro benzene ring substituents is 1. The van der Waals surface area contributed by atoms with E-state index in [1.165, 1.54) is 25.4 Å². The van der Waals surface area contributed by atoms with Crippen molar-refractivity contribution in [1.29, 1.82) is 0 Å². The normalized spacial score (nSPS) is 10.6. The number of benzene rings is 2. The van der Waals surface area contributed by atoms with Crippen LogP contribution in [0.4, 0.5) is 11.4 Å². The smallest absolute Gasteiger partial charge is 0.270 e. The molecule has 0 unspecified atom stereocenters. The van der Waals surface area contributed by atoms with Gasteiger partial charge in [0.2, 0.25) is 0 Å². The molecule has 0 fully saturated rings. The van der Waals surface area contributed by atoms with Gasteiger partial charge >= 0.3 is 0 Å². The molecule has 0 aliphatic carbocycles. The van der Waals surface area contributed by atoms with Gasteiger partial charge < -0.3 is 19.8 Å². The van der Waals surface area contributed by atoms with E-state index in [1.54, 1.807) is 36.7 Å². The van der Waals surface area contributed by atoms with Crippen molar-refractivity contribution in [3.05, 3.63) is 88.4 Å². The molecule has 2 N–H and O–H groups in total. The molecular formula is C22H18N4O5. The largest absolute Gasteiger partial charge is 0.493 e. The average molecular weight is 418 g/mol. The van der Waals surface area contributed by atoms with Crippen molar-refractivity contribution >= 4 is 28.2 Å². The van der Waals surface area contributed by atoms with E-state index < -0.39 is 10.8 Å².